The van der Waals surface area contributed by atoms with E-state index in [2.05, 4.69) is 0 Å². The Balaban J connectivity index is 2.13. The molecule has 21 heavy (non-hydrogen) atoms. The average Bonchev–Trinajstić information content (AvgIpc) is 2.46. The molecular formula is C15H13F3O2S. The largest absolute Gasteiger partial charge is 0.416 e. The molecule has 0 bridgehead atoms. The van der Waals surface area contributed by atoms with Crippen LogP contribution in [-0.2, 0) is 22.4 Å². The number of hydrogen-bond acceptors (Lipinski definition) is 2. The number of rotatable bonds is 4. The van der Waals surface area contributed by atoms with E-state index in [-0.39, 0.29) is 10.6 Å². The van der Waals surface area contributed by atoms with Crippen LogP contribution in [0.25, 0.3) is 0 Å². The molecule has 2 aromatic carbocycles. The fourth-order valence-corrected chi connectivity index (χ4v) is 3.16. The summed E-state index contributed by atoms with van der Waals surface area (Å²) in [4.78, 5) is -0.0913. The Morgan fingerprint density at radius 1 is 0.857 bits per heavy atom. The van der Waals surface area contributed by atoms with Gasteiger partial charge in [0.05, 0.1) is 16.2 Å². The minimum Gasteiger partial charge on any atom is -0.224 e. The van der Waals surface area contributed by atoms with E-state index in [0.29, 0.717) is 6.42 Å². The van der Waals surface area contributed by atoms with Crippen LogP contribution in [0.3, 0.4) is 0 Å². The Hall–Kier alpha value is -1.82. The minimum absolute atomic E-state index is 0.0913. The van der Waals surface area contributed by atoms with Gasteiger partial charge in [-0.05, 0) is 36.2 Å². The molecule has 0 aliphatic rings. The lowest BCUT2D eigenvalue weighted by molar-refractivity contribution is -0.137. The summed E-state index contributed by atoms with van der Waals surface area (Å²) in [5.74, 6) is -0.137. The highest BCUT2D eigenvalue weighted by Crippen LogP contribution is 2.29. The van der Waals surface area contributed by atoms with Gasteiger partial charge in [0.25, 0.3) is 0 Å². The topological polar surface area (TPSA) is 34.1 Å². The highest BCUT2D eigenvalue weighted by Gasteiger charge is 2.30. The highest BCUT2D eigenvalue weighted by molar-refractivity contribution is 7.91. The van der Waals surface area contributed by atoms with Gasteiger partial charge in [0.15, 0.2) is 9.84 Å². The first-order chi connectivity index (χ1) is 9.79. The van der Waals surface area contributed by atoms with E-state index in [0.717, 1.165) is 29.8 Å². The van der Waals surface area contributed by atoms with E-state index < -0.39 is 21.6 Å². The van der Waals surface area contributed by atoms with Crippen LogP contribution in [0.1, 0.15) is 11.1 Å². The predicted molar refractivity (Wildman–Crippen MR) is 73.6 cm³/mol. The van der Waals surface area contributed by atoms with Crippen molar-refractivity contribution in [3.05, 3.63) is 65.7 Å². The molecular weight excluding hydrogens is 301 g/mol. The number of benzene rings is 2. The van der Waals surface area contributed by atoms with Gasteiger partial charge >= 0.3 is 6.18 Å². The maximum absolute atomic E-state index is 12.4. The lowest BCUT2D eigenvalue weighted by Crippen LogP contribution is -2.10. The summed E-state index contributed by atoms with van der Waals surface area (Å²) < 4.78 is 61.5. The molecule has 0 heterocycles. The van der Waals surface area contributed by atoms with Crippen molar-refractivity contribution >= 4 is 9.84 Å². The summed E-state index contributed by atoms with van der Waals surface area (Å²) in [6, 6.07) is 12.6. The molecule has 2 rings (SSSR count). The number of hydrogen-bond donors (Lipinski definition) is 0. The van der Waals surface area contributed by atoms with E-state index in [1.165, 1.54) is 0 Å². The molecule has 2 aromatic rings. The van der Waals surface area contributed by atoms with Crippen LogP contribution in [0.15, 0.2) is 59.5 Å². The van der Waals surface area contributed by atoms with Crippen LogP contribution in [0.4, 0.5) is 13.2 Å². The van der Waals surface area contributed by atoms with Gasteiger partial charge in [0.1, 0.15) is 0 Å². The predicted octanol–water partition coefficient (Wildman–Crippen LogP) is 3.72. The van der Waals surface area contributed by atoms with E-state index in [1.54, 1.807) is 12.1 Å². The summed E-state index contributed by atoms with van der Waals surface area (Å²) in [6.45, 7) is 0. The second kappa shape index (κ2) is 5.89. The summed E-state index contributed by atoms with van der Waals surface area (Å²) in [5, 5.41) is 0. The highest BCUT2D eigenvalue weighted by atomic mass is 32.2. The van der Waals surface area contributed by atoms with Gasteiger partial charge in [-0.25, -0.2) is 8.42 Å². The normalized spacial score (nSPS) is 12.3. The van der Waals surface area contributed by atoms with Crippen LogP contribution < -0.4 is 0 Å². The molecule has 0 amide bonds. The van der Waals surface area contributed by atoms with Crippen molar-refractivity contribution in [3.63, 3.8) is 0 Å². The van der Waals surface area contributed by atoms with Gasteiger partial charge < -0.3 is 0 Å². The van der Waals surface area contributed by atoms with E-state index in [4.69, 9.17) is 0 Å². The zero-order chi connectivity index (χ0) is 15.5. The first-order valence-corrected chi connectivity index (χ1v) is 7.88. The molecule has 0 aromatic heterocycles. The first-order valence-electron chi connectivity index (χ1n) is 6.23. The Labute approximate surface area is 121 Å². The Bertz CT molecular complexity index is 690. The van der Waals surface area contributed by atoms with Crippen LogP contribution in [0.2, 0.25) is 0 Å². The van der Waals surface area contributed by atoms with Gasteiger partial charge in [0, 0.05) is 0 Å². The lowest BCUT2D eigenvalue weighted by atomic mass is 10.2. The van der Waals surface area contributed by atoms with Crippen molar-refractivity contribution in [2.75, 3.05) is 5.75 Å². The van der Waals surface area contributed by atoms with Gasteiger partial charge in [-0.2, -0.15) is 13.2 Å². The molecule has 0 unspecified atom stereocenters. The molecule has 2 nitrogen and oxygen atoms in total. The number of alkyl halides is 3. The van der Waals surface area contributed by atoms with Gasteiger partial charge in [-0.1, -0.05) is 30.3 Å². The standard InChI is InChI=1S/C15H13F3O2S/c16-15(17,18)13-6-8-14(9-7-13)21(19,20)11-10-12-4-2-1-3-5-12/h1-9H,10-11H2. The molecule has 0 radical (unpaired) electrons. The van der Waals surface area contributed by atoms with Gasteiger partial charge in [0.2, 0.25) is 0 Å². The third-order valence-electron chi connectivity index (χ3n) is 3.04. The average molecular weight is 314 g/mol. The van der Waals surface area contributed by atoms with E-state index in [9.17, 15) is 21.6 Å². The Morgan fingerprint density at radius 2 is 1.43 bits per heavy atom. The minimum atomic E-state index is -4.47. The molecule has 0 saturated heterocycles. The fourth-order valence-electron chi connectivity index (χ4n) is 1.87. The van der Waals surface area contributed by atoms with Crippen LogP contribution in [-0.4, -0.2) is 14.2 Å². The third kappa shape index (κ3) is 4.07. The van der Waals surface area contributed by atoms with Crippen LogP contribution >= 0.6 is 0 Å². The molecule has 0 aliphatic heterocycles. The zero-order valence-electron chi connectivity index (χ0n) is 11.0. The van der Waals surface area contributed by atoms with Crippen LogP contribution in [0, 0.1) is 0 Å². The van der Waals surface area contributed by atoms with Crippen molar-refractivity contribution in [3.8, 4) is 0 Å². The molecule has 0 N–H and O–H groups in total. The van der Waals surface area contributed by atoms with E-state index >= 15 is 0 Å². The zero-order valence-corrected chi connectivity index (χ0v) is 11.8. The van der Waals surface area contributed by atoms with Crippen molar-refractivity contribution < 1.29 is 21.6 Å². The van der Waals surface area contributed by atoms with Gasteiger partial charge in [-0.15, -0.1) is 0 Å². The molecule has 6 heteroatoms. The monoisotopic (exact) mass is 314 g/mol. The number of aryl methyl sites for hydroxylation is 1. The van der Waals surface area contributed by atoms with Crippen molar-refractivity contribution in [1.82, 2.24) is 0 Å². The van der Waals surface area contributed by atoms with Crippen molar-refractivity contribution in [2.24, 2.45) is 0 Å². The molecule has 0 spiro atoms. The fraction of sp³-hybridized carbons (Fsp3) is 0.200. The van der Waals surface area contributed by atoms with Crippen LogP contribution in [0.5, 0.6) is 0 Å². The third-order valence-corrected chi connectivity index (χ3v) is 4.78. The summed E-state index contributed by atoms with van der Waals surface area (Å²) in [6.07, 6.45) is -4.14. The second-order valence-corrected chi connectivity index (χ2v) is 6.69. The summed E-state index contributed by atoms with van der Waals surface area (Å²) >= 11 is 0. The number of halogens is 3. The SMILES string of the molecule is O=S(=O)(CCc1ccccc1)c1ccc(C(F)(F)F)cc1. The van der Waals surface area contributed by atoms with Crippen molar-refractivity contribution in [2.45, 2.75) is 17.5 Å². The Morgan fingerprint density at radius 3 is 1.95 bits per heavy atom. The maximum Gasteiger partial charge on any atom is 0.416 e. The lowest BCUT2D eigenvalue weighted by Gasteiger charge is -2.08. The molecule has 0 saturated carbocycles. The number of sulfone groups is 1. The summed E-state index contributed by atoms with van der Waals surface area (Å²) in [7, 11) is -3.59. The van der Waals surface area contributed by atoms with Crippen molar-refractivity contribution in [1.29, 1.82) is 0 Å². The molecule has 0 atom stereocenters. The first kappa shape index (κ1) is 15.6. The molecule has 112 valence electrons. The molecule has 0 aliphatic carbocycles. The molecule has 0 fully saturated rings. The van der Waals surface area contributed by atoms with E-state index in [1.807, 2.05) is 18.2 Å². The second-order valence-electron chi connectivity index (χ2n) is 4.58. The Kier molecular flexibility index (Phi) is 4.37. The maximum atomic E-state index is 12.4. The summed E-state index contributed by atoms with van der Waals surface area (Å²) in [5.41, 5.74) is 0.0116. The quantitative estimate of drug-likeness (QED) is 0.862. The van der Waals surface area contributed by atoms with Gasteiger partial charge in [-0.3, -0.25) is 0 Å². The smallest absolute Gasteiger partial charge is 0.224 e.